The zero-order chi connectivity index (χ0) is 18.5. The third kappa shape index (κ3) is 3.67. The summed E-state index contributed by atoms with van der Waals surface area (Å²) in [7, 11) is 0. The van der Waals surface area contributed by atoms with Gasteiger partial charge in [-0.1, -0.05) is 103 Å². The number of hydrogen-bond acceptors (Lipinski definition) is 3. The maximum Gasteiger partial charge on any atom is 0.183 e. The summed E-state index contributed by atoms with van der Waals surface area (Å²) in [6.07, 6.45) is 1.84. The smallest absolute Gasteiger partial charge is 0.183 e. The van der Waals surface area contributed by atoms with Crippen molar-refractivity contribution in [3.63, 3.8) is 0 Å². The van der Waals surface area contributed by atoms with Gasteiger partial charge in [-0.3, -0.25) is 5.32 Å². The maximum atomic E-state index is 6.04. The molecule has 0 spiro atoms. The Kier molecular flexibility index (Phi) is 5.35. The molecule has 0 saturated carbocycles. The zero-order valence-electron chi connectivity index (χ0n) is 14.7. The summed E-state index contributed by atoms with van der Waals surface area (Å²) >= 11 is 7.55. The van der Waals surface area contributed by atoms with E-state index in [0.29, 0.717) is 11.0 Å². The second-order valence-corrected chi connectivity index (χ2v) is 7.98. The molecule has 0 saturated heterocycles. The molecule has 1 N–H and O–H groups in total. The van der Waals surface area contributed by atoms with Crippen LogP contribution in [0.5, 0.6) is 0 Å². The van der Waals surface area contributed by atoms with Crippen LogP contribution < -0.4 is 5.32 Å². The minimum absolute atomic E-state index is 0.472. The molecule has 0 amide bonds. The number of hydrogen-bond donors (Lipinski definition) is 1. The average molecular weight is 391 g/mol. The first kappa shape index (κ1) is 17.9. The van der Waals surface area contributed by atoms with Crippen molar-refractivity contribution >= 4 is 22.9 Å². The normalized spacial score (nSPS) is 11.4. The first-order valence-electron chi connectivity index (χ1n) is 8.81. The maximum absolute atomic E-state index is 6.04. The van der Waals surface area contributed by atoms with E-state index in [1.54, 1.807) is 0 Å². The Bertz CT molecular complexity index is 888. The second kappa shape index (κ2) is 8.05. The summed E-state index contributed by atoms with van der Waals surface area (Å²) in [6, 6.07) is 31.7. The summed E-state index contributed by atoms with van der Waals surface area (Å²) in [6.45, 7) is 0.670. The Balaban J connectivity index is 1.88. The Morgan fingerprint density at radius 2 is 1.19 bits per heavy atom. The van der Waals surface area contributed by atoms with Crippen molar-refractivity contribution in [1.82, 2.24) is 10.3 Å². The predicted octanol–water partition coefficient (Wildman–Crippen LogP) is 5.88. The van der Waals surface area contributed by atoms with Crippen molar-refractivity contribution in [3.8, 4) is 0 Å². The Morgan fingerprint density at radius 1 is 0.741 bits per heavy atom. The van der Waals surface area contributed by atoms with Gasteiger partial charge in [0.2, 0.25) is 0 Å². The highest BCUT2D eigenvalue weighted by Crippen LogP contribution is 2.37. The minimum atomic E-state index is -0.472. The van der Waals surface area contributed by atoms with Crippen LogP contribution in [0.15, 0.2) is 97.2 Å². The Labute approximate surface area is 168 Å². The van der Waals surface area contributed by atoms with Gasteiger partial charge in [-0.2, -0.15) is 0 Å². The van der Waals surface area contributed by atoms with E-state index in [-0.39, 0.29) is 0 Å². The fourth-order valence-corrected chi connectivity index (χ4v) is 4.37. The molecular formula is C23H19ClN2S. The summed E-state index contributed by atoms with van der Waals surface area (Å²) in [5, 5.41) is 3.82. The van der Waals surface area contributed by atoms with Crippen LogP contribution in [-0.4, -0.2) is 4.98 Å². The summed E-state index contributed by atoms with van der Waals surface area (Å²) in [4.78, 5) is 5.28. The predicted molar refractivity (Wildman–Crippen MR) is 113 cm³/mol. The van der Waals surface area contributed by atoms with Gasteiger partial charge in [0.25, 0.3) is 0 Å². The molecule has 0 atom stereocenters. The van der Waals surface area contributed by atoms with Crippen molar-refractivity contribution in [2.75, 3.05) is 0 Å². The summed E-state index contributed by atoms with van der Waals surface area (Å²) < 4.78 is 0.566. The van der Waals surface area contributed by atoms with Gasteiger partial charge in [0, 0.05) is 17.6 Å². The highest BCUT2D eigenvalue weighted by atomic mass is 35.5. The van der Waals surface area contributed by atoms with Crippen LogP contribution in [0.1, 0.15) is 21.6 Å². The standard InChI is InChI=1S/C23H19ClN2S/c24-22-25-16-21(27-22)17-26-23(18-10-4-1-5-11-18,19-12-6-2-7-13-19)20-14-8-3-9-15-20/h1-16,26H,17H2. The lowest BCUT2D eigenvalue weighted by atomic mass is 9.77. The molecule has 4 rings (SSSR count). The highest BCUT2D eigenvalue weighted by Gasteiger charge is 2.35. The van der Waals surface area contributed by atoms with E-state index >= 15 is 0 Å². The van der Waals surface area contributed by atoms with Gasteiger partial charge in [0.15, 0.2) is 4.47 Å². The van der Waals surface area contributed by atoms with Crippen molar-refractivity contribution in [2.45, 2.75) is 12.1 Å². The van der Waals surface area contributed by atoms with Crippen LogP contribution in [0, 0.1) is 0 Å². The molecule has 0 aliphatic carbocycles. The minimum Gasteiger partial charge on any atom is -0.295 e. The second-order valence-electron chi connectivity index (χ2n) is 6.28. The van der Waals surface area contributed by atoms with Gasteiger partial charge >= 0.3 is 0 Å². The van der Waals surface area contributed by atoms with E-state index in [0.717, 1.165) is 4.88 Å². The number of nitrogens with one attached hydrogen (secondary N) is 1. The monoisotopic (exact) mass is 390 g/mol. The van der Waals surface area contributed by atoms with Gasteiger partial charge in [0.05, 0.1) is 5.54 Å². The molecule has 0 bridgehead atoms. The molecule has 1 heterocycles. The van der Waals surface area contributed by atoms with E-state index in [9.17, 15) is 0 Å². The summed E-state index contributed by atoms with van der Waals surface area (Å²) in [5.74, 6) is 0. The summed E-state index contributed by atoms with van der Waals surface area (Å²) in [5.41, 5.74) is 3.11. The van der Waals surface area contributed by atoms with Crippen molar-refractivity contribution in [2.24, 2.45) is 0 Å². The molecule has 0 aliphatic heterocycles. The first-order valence-corrected chi connectivity index (χ1v) is 10.0. The van der Waals surface area contributed by atoms with E-state index < -0.39 is 5.54 Å². The van der Waals surface area contributed by atoms with Crippen LogP contribution in [0.2, 0.25) is 4.47 Å². The number of aromatic nitrogens is 1. The third-order valence-corrected chi connectivity index (χ3v) is 5.79. The molecule has 0 radical (unpaired) electrons. The largest absolute Gasteiger partial charge is 0.295 e. The number of rotatable bonds is 6. The third-order valence-electron chi connectivity index (χ3n) is 4.67. The van der Waals surface area contributed by atoms with E-state index in [1.807, 2.05) is 24.4 Å². The molecule has 27 heavy (non-hydrogen) atoms. The molecule has 4 heteroatoms. The molecule has 0 aliphatic rings. The number of nitrogens with zero attached hydrogens (tertiary/aromatic N) is 1. The quantitative estimate of drug-likeness (QED) is 0.416. The number of thiazole rings is 1. The average Bonchev–Trinajstić information content (AvgIpc) is 3.16. The van der Waals surface area contributed by atoms with E-state index in [4.69, 9.17) is 11.6 Å². The van der Waals surface area contributed by atoms with E-state index in [1.165, 1.54) is 28.0 Å². The van der Waals surface area contributed by atoms with E-state index in [2.05, 4.69) is 83.1 Å². The Hall–Kier alpha value is -2.46. The van der Waals surface area contributed by atoms with Gasteiger partial charge in [-0.15, -0.1) is 11.3 Å². The van der Waals surface area contributed by atoms with Crippen molar-refractivity contribution < 1.29 is 0 Å². The molecule has 1 aromatic heterocycles. The lowest BCUT2D eigenvalue weighted by Crippen LogP contribution is -2.44. The van der Waals surface area contributed by atoms with Crippen molar-refractivity contribution in [1.29, 1.82) is 0 Å². The van der Waals surface area contributed by atoms with Crippen LogP contribution in [0.4, 0.5) is 0 Å². The van der Waals surface area contributed by atoms with Gasteiger partial charge in [-0.25, -0.2) is 4.98 Å². The highest BCUT2D eigenvalue weighted by molar-refractivity contribution is 7.15. The van der Waals surface area contributed by atoms with Crippen molar-refractivity contribution in [3.05, 3.63) is 123 Å². The van der Waals surface area contributed by atoms with Crippen LogP contribution in [0.3, 0.4) is 0 Å². The topological polar surface area (TPSA) is 24.9 Å². The molecule has 2 nitrogen and oxygen atoms in total. The molecule has 3 aromatic carbocycles. The molecule has 4 aromatic rings. The van der Waals surface area contributed by atoms with Crippen LogP contribution in [0.25, 0.3) is 0 Å². The zero-order valence-corrected chi connectivity index (χ0v) is 16.3. The van der Waals surface area contributed by atoms with Gasteiger partial charge < -0.3 is 0 Å². The molecule has 0 fully saturated rings. The molecule has 134 valence electrons. The number of benzene rings is 3. The first-order chi connectivity index (χ1) is 13.3. The molecular weight excluding hydrogens is 372 g/mol. The van der Waals surface area contributed by atoms with Gasteiger partial charge in [-0.05, 0) is 16.7 Å². The lowest BCUT2D eigenvalue weighted by Gasteiger charge is -2.37. The lowest BCUT2D eigenvalue weighted by molar-refractivity contribution is 0.473. The number of halogens is 1. The fourth-order valence-electron chi connectivity index (χ4n) is 3.46. The SMILES string of the molecule is Clc1ncc(CNC(c2ccccc2)(c2ccccc2)c2ccccc2)s1. The van der Waals surface area contributed by atoms with Crippen LogP contribution in [-0.2, 0) is 12.1 Å². The van der Waals surface area contributed by atoms with Gasteiger partial charge in [0.1, 0.15) is 0 Å². The fraction of sp³-hybridized carbons (Fsp3) is 0.0870. The van der Waals surface area contributed by atoms with Crippen LogP contribution >= 0.6 is 22.9 Å². The Morgan fingerprint density at radius 3 is 1.56 bits per heavy atom. The molecule has 0 unspecified atom stereocenters.